The van der Waals surface area contributed by atoms with Gasteiger partial charge in [-0.15, -0.1) is 11.3 Å². The fourth-order valence-corrected chi connectivity index (χ4v) is 1.82. The van der Waals surface area contributed by atoms with E-state index in [1.807, 2.05) is 0 Å². The summed E-state index contributed by atoms with van der Waals surface area (Å²) in [5, 5.41) is 4.47. The molecule has 0 saturated carbocycles. The third kappa shape index (κ3) is 2.15. The average molecular weight is 320 g/mol. The van der Waals surface area contributed by atoms with Crippen molar-refractivity contribution in [2.45, 2.75) is 18.0 Å². The van der Waals surface area contributed by atoms with Gasteiger partial charge in [-0.3, -0.25) is 0 Å². The minimum Gasteiger partial charge on any atom is -0.332 e. The summed E-state index contributed by atoms with van der Waals surface area (Å²) in [6.07, 6.45) is -6.45. The van der Waals surface area contributed by atoms with Crippen molar-refractivity contribution in [2.24, 2.45) is 0 Å². The lowest BCUT2D eigenvalue weighted by molar-refractivity contribution is -0.364. The molecule has 0 unspecified atom stereocenters. The zero-order valence-corrected chi connectivity index (χ0v) is 9.91. The largest absolute Gasteiger partial charge is 0.460 e. The number of thiophene rings is 1. The molecule has 2 aromatic rings. The predicted molar refractivity (Wildman–Crippen MR) is 52.5 cm³/mol. The third-order valence-corrected chi connectivity index (χ3v) is 3.05. The first kappa shape index (κ1) is 14.8. The minimum atomic E-state index is -6.45. The van der Waals surface area contributed by atoms with Crippen molar-refractivity contribution in [1.82, 2.24) is 10.1 Å². The summed E-state index contributed by atoms with van der Waals surface area (Å²) in [6, 6.07) is 2.85. The Morgan fingerprint density at radius 1 is 1.05 bits per heavy atom. The van der Waals surface area contributed by atoms with Gasteiger partial charge < -0.3 is 4.52 Å². The zero-order chi connectivity index (χ0) is 15.2. The third-order valence-electron chi connectivity index (χ3n) is 2.19. The molecule has 2 rings (SSSR count). The maximum absolute atomic E-state index is 13.2. The molecule has 0 spiro atoms. The molecule has 2 aromatic heterocycles. The molecule has 0 aromatic carbocycles. The Balaban J connectivity index is 2.41. The molecule has 0 aliphatic heterocycles. The van der Waals surface area contributed by atoms with Crippen LogP contribution >= 0.6 is 11.3 Å². The van der Waals surface area contributed by atoms with Gasteiger partial charge in [0.25, 0.3) is 0 Å². The van der Waals surface area contributed by atoms with Gasteiger partial charge in [0.2, 0.25) is 5.82 Å². The van der Waals surface area contributed by atoms with Gasteiger partial charge in [-0.1, -0.05) is 11.2 Å². The molecule has 0 N–H and O–H groups in total. The molecule has 11 heteroatoms. The molecule has 0 aliphatic carbocycles. The van der Waals surface area contributed by atoms with E-state index in [-0.39, 0.29) is 4.88 Å². The summed E-state index contributed by atoms with van der Waals surface area (Å²) in [4.78, 5) is 3.09. The molecule has 0 saturated heterocycles. The quantitative estimate of drug-likeness (QED) is 0.800. The van der Waals surface area contributed by atoms with Crippen LogP contribution in [0.1, 0.15) is 5.89 Å². The van der Waals surface area contributed by atoms with Crippen LogP contribution in [0.4, 0.5) is 30.7 Å². The van der Waals surface area contributed by atoms with Crippen LogP contribution in [0.5, 0.6) is 0 Å². The summed E-state index contributed by atoms with van der Waals surface area (Å²) < 4.78 is 91.7. The van der Waals surface area contributed by atoms with Crippen LogP contribution in [-0.4, -0.2) is 22.2 Å². The number of nitrogens with zero attached hydrogens (tertiary/aromatic N) is 2. The first-order valence-corrected chi connectivity index (χ1v) is 5.66. The van der Waals surface area contributed by atoms with E-state index < -0.39 is 29.7 Å². The van der Waals surface area contributed by atoms with Gasteiger partial charge >= 0.3 is 23.9 Å². The van der Waals surface area contributed by atoms with Gasteiger partial charge in [0, 0.05) is 0 Å². The van der Waals surface area contributed by atoms with Crippen molar-refractivity contribution in [3.05, 3.63) is 23.4 Å². The number of rotatable bonds is 3. The summed E-state index contributed by atoms with van der Waals surface area (Å²) in [6.45, 7) is 0. The van der Waals surface area contributed by atoms with E-state index in [1.165, 1.54) is 17.5 Å². The highest BCUT2D eigenvalue weighted by Gasteiger charge is 2.76. The van der Waals surface area contributed by atoms with E-state index in [1.54, 1.807) is 0 Å². The smallest absolute Gasteiger partial charge is 0.332 e. The Hall–Kier alpha value is -1.65. The van der Waals surface area contributed by atoms with Crippen molar-refractivity contribution in [2.75, 3.05) is 0 Å². The molecule has 2 heterocycles. The summed E-state index contributed by atoms with van der Waals surface area (Å²) in [5.41, 5.74) is 0. The molecule has 0 aliphatic rings. The zero-order valence-electron chi connectivity index (χ0n) is 9.09. The van der Waals surface area contributed by atoms with Gasteiger partial charge in [-0.25, -0.2) is 0 Å². The second kappa shape index (κ2) is 4.43. The average Bonchev–Trinajstić information content (AvgIpc) is 2.98. The van der Waals surface area contributed by atoms with Crippen LogP contribution in [0.3, 0.4) is 0 Å². The summed E-state index contributed by atoms with van der Waals surface area (Å²) in [5.74, 6) is -14.6. The predicted octanol–water partition coefficient (Wildman–Crippen LogP) is 4.09. The molecule has 0 atom stereocenters. The second-order valence-electron chi connectivity index (χ2n) is 3.55. The summed E-state index contributed by atoms with van der Waals surface area (Å²) >= 11 is 0.973. The lowest BCUT2D eigenvalue weighted by Crippen LogP contribution is -2.50. The van der Waals surface area contributed by atoms with E-state index in [0.29, 0.717) is 0 Å². The van der Waals surface area contributed by atoms with Crippen LogP contribution in [-0.2, 0) is 5.92 Å². The van der Waals surface area contributed by atoms with E-state index in [0.717, 1.165) is 11.3 Å². The molecule has 110 valence electrons. The van der Waals surface area contributed by atoms with Crippen LogP contribution in [0.2, 0.25) is 0 Å². The number of halogens is 7. The van der Waals surface area contributed by atoms with Crippen molar-refractivity contribution < 1.29 is 35.3 Å². The summed E-state index contributed by atoms with van der Waals surface area (Å²) in [7, 11) is 0. The van der Waals surface area contributed by atoms with Crippen molar-refractivity contribution in [3.63, 3.8) is 0 Å². The number of alkyl halides is 7. The van der Waals surface area contributed by atoms with Crippen LogP contribution < -0.4 is 0 Å². The van der Waals surface area contributed by atoms with Crippen LogP contribution in [0.15, 0.2) is 22.0 Å². The Bertz CT molecular complexity index is 590. The van der Waals surface area contributed by atoms with E-state index >= 15 is 0 Å². The number of aromatic nitrogens is 2. The van der Waals surface area contributed by atoms with Crippen molar-refractivity contribution in [3.8, 4) is 10.7 Å². The normalized spacial score (nSPS) is 13.8. The van der Waals surface area contributed by atoms with E-state index in [4.69, 9.17) is 0 Å². The highest BCUT2D eigenvalue weighted by atomic mass is 32.1. The molecule has 0 fully saturated rings. The van der Waals surface area contributed by atoms with Gasteiger partial charge in [0.05, 0.1) is 4.88 Å². The van der Waals surface area contributed by atoms with E-state index in [9.17, 15) is 30.7 Å². The highest BCUT2D eigenvalue weighted by Crippen LogP contribution is 2.51. The Morgan fingerprint density at radius 2 is 1.70 bits per heavy atom. The standard InChI is InChI=1S/C9H3F7N2OS/c10-7(11,8(12,13)9(14,15)16)6-17-5(18-19-6)4-2-1-3-20-4/h1-3H. The fourth-order valence-electron chi connectivity index (χ4n) is 1.17. The van der Waals surface area contributed by atoms with Crippen LogP contribution in [0, 0.1) is 0 Å². The monoisotopic (exact) mass is 320 g/mol. The highest BCUT2D eigenvalue weighted by molar-refractivity contribution is 7.13. The molecule has 0 amide bonds. The number of hydrogen-bond acceptors (Lipinski definition) is 4. The minimum absolute atomic E-state index is 0.186. The maximum atomic E-state index is 13.2. The molecule has 20 heavy (non-hydrogen) atoms. The Labute approximate surface area is 110 Å². The van der Waals surface area contributed by atoms with Gasteiger partial charge in [-0.05, 0) is 11.4 Å². The first-order chi connectivity index (χ1) is 9.07. The Morgan fingerprint density at radius 3 is 2.20 bits per heavy atom. The molecule has 0 radical (unpaired) electrons. The Kier molecular flexibility index (Phi) is 3.27. The molecule has 3 nitrogen and oxygen atoms in total. The molecular weight excluding hydrogens is 317 g/mol. The van der Waals surface area contributed by atoms with Crippen LogP contribution in [0.25, 0.3) is 10.7 Å². The fraction of sp³-hybridized carbons (Fsp3) is 0.333. The van der Waals surface area contributed by atoms with Crippen molar-refractivity contribution >= 4 is 11.3 Å². The molecule has 0 bridgehead atoms. The maximum Gasteiger partial charge on any atom is 0.460 e. The van der Waals surface area contributed by atoms with Crippen molar-refractivity contribution in [1.29, 1.82) is 0 Å². The second-order valence-corrected chi connectivity index (χ2v) is 4.49. The van der Waals surface area contributed by atoms with Gasteiger partial charge in [0.15, 0.2) is 0 Å². The van der Waals surface area contributed by atoms with Gasteiger partial charge in [-0.2, -0.15) is 35.7 Å². The lowest BCUT2D eigenvalue weighted by atomic mass is 10.1. The SMILES string of the molecule is FC(F)(F)C(F)(F)C(F)(F)c1nc(-c2cccs2)no1. The number of hydrogen-bond donors (Lipinski definition) is 0. The topological polar surface area (TPSA) is 38.9 Å². The lowest BCUT2D eigenvalue weighted by Gasteiger charge is -2.25. The van der Waals surface area contributed by atoms with E-state index in [2.05, 4.69) is 14.7 Å². The molecular formula is C9H3F7N2OS. The van der Waals surface area contributed by atoms with Gasteiger partial charge in [0.1, 0.15) is 0 Å². The first-order valence-electron chi connectivity index (χ1n) is 4.78.